The van der Waals surface area contributed by atoms with Crippen LogP contribution in [0.15, 0.2) is 84.0 Å². The monoisotopic (exact) mass is 526 g/mol. The van der Waals surface area contributed by atoms with Crippen LogP contribution < -0.4 is 5.32 Å². The number of thioether (sulfide) groups is 1. The van der Waals surface area contributed by atoms with E-state index >= 15 is 0 Å². The first kappa shape index (κ1) is 20.6. The zero-order valence-corrected chi connectivity index (χ0v) is 19.2. The summed E-state index contributed by atoms with van der Waals surface area (Å²) in [6, 6.07) is 25.9. The van der Waals surface area contributed by atoms with Gasteiger partial charge in [-0.2, -0.15) is 0 Å². The molecule has 1 amide bonds. The Morgan fingerprint density at radius 3 is 2.37 bits per heavy atom. The van der Waals surface area contributed by atoms with Crippen LogP contribution in [0.4, 0.5) is 5.69 Å². The summed E-state index contributed by atoms with van der Waals surface area (Å²) < 4.78 is 3.12. The van der Waals surface area contributed by atoms with Crippen LogP contribution in [0.2, 0.25) is 0 Å². The lowest BCUT2D eigenvalue weighted by atomic mass is 10.2. The minimum atomic E-state index is -0.0825. The fraction of sp³-hybridized carbons (Fsp3) is 0.0870. The van der Waals surface area contributed by atoms with Gasteiger partial charge in [0, 0.05) is 20.5 Å². The molecule has 150 valence electrons. The third kappa shape index (κ3) is 4.91. The Bertz CT molecular complexity index is 1140. The Hall–Kier alpha value is -2.65. The number of carbonyl (C=O) groups excluding carboxylic acids is 1. The number of anilines is 1. The van der Waals surface area contributed by atoms with Crippen molar-refractivity contribution in [3.8, 4) is 17.1 Å². The van der Waals surface area contributed by atoms with Crippen LogP contribution in [0.25, 0.3) is 17.1 Å². The van der Waals surface area contributed by atoms with E-state index < -0.39 is 0 Å². The van der Waals surface area contributed by atoms with Gasteiger partial charge in [-0.05, 0) is 65.9 Å². The van der Waals surface area contributed by atoms with E-state index in [9.17, 15) is 4.79 Å². The number of rotatable bonds is 6. The van der Waals surface area contributed by atoms with E-state index in [0.717, 1.165) is 26.3 Å². The van der Waals surface area contributed by atoms with Gasteiger partial charge in [-0.3, -0.25) is 9.36 Å². The van der Waals surface area contributed by atoms with E-state index in [0.29, 0.717) is 5.16 Å². The van der Waals surface area contributed by atoms with Crippen molar-refractivity contribution < 1.29 is 4.79 Å². The van der Waals surface area contributed by atoms with E-state index in [4.69, 9.17) is 0 Å². The molecule has 0 bridgehead atoms. The molecule has 5 nitrogen and oxygen atoms in total. The number of halogens is 1. The van der Waals surface area contributed by atoms with Gasteiger partial charge in [-0.15, -0.1) is 10.2 Å². The summed E-state index contributed by atoms with van der Waals surface area (Å²) in [4.78, 5) is 12.4. The highest BCUT2D eigenvalue weighted by molar-refractivity contribution is 14.1. The first-order valence-corrected chi connectivity index (χ1v) is 11.4. The summed E-state index contributed by atoms with van der Waals surface area (Å²) in [6.45, 7) is 2.05. The molecule has 1 aromatic heterocycles. The molecule has 0 saturated heterocycles. The van der Waals surface area contributed by atoms with Crippen LogP contribution in [0.5, 0.6) is 0 Å². The second-order valence-electron chi connectivity index (χ2n) is 6.69. The van der Waals surface area contributed by atoms with Crippen molar-refractivity contribution in [1.82, 2.24) is 14.8 Å². The Morgan fingerprint density at radius 1 is 0.967 bits per heavy atom. The van der Waals surface area contributed by atoms with Gasteiger partial charge in [0.25, 0.3) is 0 Å². The van der Waals surface area contributed by atoms with Crippen molar-refractivity contribution in [2.45, 2.75) is 12.1 Å². The van der Waals surface area contributed by atoms with Crippen LogP contribution in [0.1, 0.15) is 5.56 Å². The van der Waals surface area contributed by atoms with Crippen LogP contribution in [-0.4, -0.2) is 26.4 Å². The van der Waals surface area contributed by atoms with Gasteiger partial charge in [0.15, 0.2) is 11.0 Å². The number of hydrogen-bond donors (Lipinski definition) is 1. The van der Waals surface area contributed by atoms with Gasteiger partial charge in [0.1, 0.15) is 0 Å². The Balaban J connectivity index is 1.58. The van der Waals surface area contributed by atoms with Gasteiger partial charge in [0.2, 0.25) is 5.91 Å². The zero-order chi connectivity index (χ0) is 20.9. The first-order valence-electron chi connectivity index (χ1n) is 9.36. The number of benzene rings is 3. The van der Waals surface area contributed by atoms with Gasteiger partial charge < -0.3 is 5.32 Å². The molecule has 1 N–H and O–H groups in total. The Labute approximate surface area is 193 Å². The number of nitrogens with zero attached hydrogens (tertiary/aromatic N) is 3. The highest BCUT2D eigenvalue weighted by atomic mass is 127. The predicted octanol–water partition coefficient (Wildman–Crippen LogP) is 5.58. The van der Waals surface area contributed by atoms with E-state index in [1.165, 1.54) is 17.3 Å². The predicted molar refractivity (Wildman–Crippen MR) is 130 cm³/mol. The number of nitrogens with one attached hydrogen (secondary N) is 1. The van der Waals surface area contributed by atoms with Crippen LogP contribution in [0, 0.1) is 10.5 Å². The van der Waals surface area contributed by atoms with Crippen LogP contribution >= 0.6 is 34.4 Å². The molecule has 4 aromatic rings. The molecule has 7 heteroatoms. The molecular weight excluding hydrogens is 507 g/mol. The van der Waals surface area contributed by atoms with Crippen LogP contribution in [-0.2, 0) is 4.79 Å². The first-order chi connectivity index (χ1) is 14.6. The zero-order valence-electron chi connectivity index (χ0n) is 16.2. The van der Waals surface area contributed by atoms with Crippen molar-refractivity contribution in [2.75, 3.05) is 11.1 Å². The summed E-state index contributed by atoms with van der Waals surface area (Å²) in [7, 11) is 0. The molecule has 0 aliphatic carbocycles. The molecular formula is C23H19IN4OS. The maximum atomic E-state index is 12.4. The van der Waals surface area contributed by atoms with Gasteiger partial charge in [-0.25, -0.2) is 0 Å². The maximum absolute atomic E-state index is 12.4. The van der Waals surface area contributed by atoms with Crippen molar-refractivity contribution in [3.05, 3.63) is 88.0 Å². The van der Waals surface area contributed by atoms with E-state index in [1.54, 1.807) is 0 Å². The third-order valence-electron chi connectivity index (χ3n) is 4.42. The number of aromatic nitrogens is 3. The molecule has 1 heterocycles. The summed E-state index contributed by atoms with van der Waals surface area (Å²) >= 11 is 3.61. The molecule has 0 spiro atoms. The maximum Gasteiger partial charge on any atom is 0.234 e. The summed E-state index contributed by atoms with van der Waals surface area (Å²) in [5, 5.41) is 12.4. The minimum absolute atomic E-state index is 0.0825. The normalized spacial score (nSPS) is 10.7. The van der Waals surface area contributed by atoms with Crippen LogP contribution in [0.3, 0.4) is 0 Å². The standard InChI is InChI=1S/C23H19IN4OS/c1-16-7-13-20(14-8-16)28-22(17-5-3-2-4-6-17)26-27-23(28)30-15-21(29)25-19-11-9-18(24)10-12-19/h2-14H,15H2,1H3,(H,25,29). The quantitative estimate of drug-likeness (QED) is 0.263. The van der Waals surface area contributed by atoms with Gasteiger partial charge in [-0.1, -0.05) is 59.8 Å². The lowest BCUT2D eigenvalue weighted by Gasteiger charge is -2.11. The summed E-state index contributed by atoms with van der Waals surface area (Å²) in [5.74, 6) is 0.908. The average Bonchev–Trinajstić information content (AvgIpc) is 3.19. The molecule has 0 fully saturated rings. The van der Waals surface area contributed by atoms with Gasteiger partial charge >= 0.3 is 0 Å². The average molecular weight is 526 g/mol. The third-order valence-corrected chi connectivity index (χ3v) is 6.07. The van der Waals surface area contributed by atoms with Crippen molar-refractivity contribution in [2.24, 2.45) is 0 Å². The largest absolute Gasteiger partial charge is 0.325 e. The summed E-state index contributed by atoms with van der Waals surface area (Å²) in [6.07, 6.45) is 0. The Morgan fingerprint density at radius 2 is 1.67 bits per heavy atom. The number of aryl methyl sites for hydroxylation is 1. The molecule has 4 rings (SSSR count). The summed E-state index contributed by atoms with van der Waals surface area (Å²) in [5.41, 5.74) is 3.90. The van der Waals surface area contributed by atoms with E-state index in [2.05, 4.69) is 57.2 Å². The van der Waals surface area contributed by atoms with E-state index in [1.807, 2.05) is 71.3 Å². The fourth-order valence-corrected chi connectivity index (χ4v) is 4.04. The second kappa shape index (κ2) is 9.44. The lowest BCUT2D eigenvalue weighted by Crippen LogP contribution is -2.14. The number of amides is 1. The molecule has 0 atom stereocenters. The highest BCUT2D eigenvalue weighted by Gasteiger charge is 2.17. The molecule has 0 aliphatic heterocycles. The lowest BCUT2D eigenvalue weighted by molar-refractivity contribution is -0.113. The van der Waals surface area contributed by atoms with E-state index in [-0.39, 0.29) is 11.7 Å². The molecule has 0 aliphatic rings. The smallest absolute Gasteiger partial charge is 0.234 e. The SMILES string of the molecule is Cc1ccc(-n2c(SCC(=O)Nc3ccc(I)cc3)nnc2-c2ccccc2)cc1. The molecule has 3 aromatic carbocycles. The van der Waals surface area contributed by atoms with Gasteiger partial charge in [0.05, 0.1) is 5.75 Å². The number of hydrogen-bond acceptors (Lipinski definition) is 4. The van der Waals surface area contributed by atoms with Crippen molar-refractivity contribution in [3.63, 3.8) is 0 Å². The molecule has 0 radical (unpaired) electrons. The molecule has 30 heavy (non-hydrogen) atoms. The van der Waals surface area contributed by atoms with Crippen molar-refractivity contribution >= 4 is 45.9 Å². The Kier molecular flexibility index (Phi) is 6.49. The minimum Gasteiger partial charge on any atom is -0.325 e. The van der Waals surface area contributed by atoms with Crippen molar-refractivity contribution in [1.29, 1.82) is 0 Å². The fourth-order valence-electron chi connectivity index (χ4n) is 2.92. The second-order valence-corrected chi connectivity index (χ2v) is 8.88. The number of carbonyl (C=O) groups is 1. The highest BCUT2D eigenvalue weighted by Crippen LogP contribution is 2.28. The molecule has 0 unspecified atom stereocenters. The topological polar surface area (TPSA) is 59.8 Å². The molecule has 0 saturated carbocycles.